The molecule has 8 nitrogen and oxygen atoms in total. The summed E-state index contributed by atoms with van der Waals surface area (Å²) in [5.74, 6) is 2.35. The lowest BCUT2D eigenvalue weighted by molar-refractivity contribution is 0.897. The van der Waals surface area contributed by atoms with Crippen LogP contribution in [0.25, 0.3) is 44.8 Å². The Labute approximate surface area is 346 Å². The van der Waals surface area contributed by atoms with Crippen LogP contribution in [0.4, 0.5) is 0 Å². The number of unbranched alkanes of at least 4 members (excludes halogenated alkanes) is 2. The first-order chi connectivity index (χ1) is 27.0. The second kappa shape index (κ2) is 24.8. The number of thioether (sulfide) groups is 3. The van der Waals surface area contributed by atoms with E-state index in [4.69, 9.17) is 28.8 Å². The molecule has 0 saturated carbocycles. The number of alkyl halides is 1. The molecule has 0 atom stereocenters. The standard InChI is InChI=1S/C21H20N4S2.C16H10N4S.C5H11ClS/c1-2-3-11-26-15-27-21-19(13-22)18(16-6-9-23-10-7-16)12-20(25-21)17-5-4-8-24-14-17;17-9-14-13(11-3-6-18-7-4-11)8-15(20-16(14)21)12-2-1-5-19-10-12;1-2-3-4-7-5-6/h4-10,12,14H,2-3,11,15H2,1H3;1-8,10H,(H,20,21);2-5H2,1H3. The molecular weight excluding hydrogens is 780 g/mol. The maximum absolute atomic E-state index is 9.82. The van der Waals surface area contributed by atoms with Crippen molar-refractivity contribution in [3.05, 3.63) is 126 Å². The third-order valence-corrected chi connectivity index (χ3v) is 11.6. The summed E-state index contributed by atoms with van der Waals surface area (Å²) in [5.41, 5.74) is 8.16. The monoisotopic (exact) mass is 820 g/mol. The summed E-state index contributed by atoms with van der Waals surface area (Å²) in [5, 5.41) is 21.6. The smallest absolute Gasteiger partial charge is 0.122 e. The van der Waals surface area contributed by atoms with Gasteiger partial charge in [0.15, 0.2) is 0 Å². The first kappa shape index (κ1) is 43.2. The Morgan fingerprint density at radius 1 is 0.691 bits per heavy atom. The van der Waals surface area contributed by atoms with Crippen molar-refractivity contribution in [2.75, 3.05) is 21.8 Å². The van der Waals surface area contributed by atoms with Gasteiger partial charge in [-0.1, -0.05) is 50.7 Å². The first-order valence-corrected chi connectivity index (χ1v) is 21.9. The van der Waals surface area contributed by atoms with Crippen molar-refractivity contribution in [3.8, 4) is 56.9 Å². The van der Waals surface area contributed by atoms with Gasteiger partial charge < -0.3 is 4.98 Å². The average Bonchev–Trinajstić information content (AvgIpc) is 3.25. The van der Waals surface area contributed by atoms with Crippen LogP contribution in [-0.2, 0) is 0 Å². The van der Waals surface area contributed by atoms with E-state index in [2.05, 4.69) is 50.9 Å². The Hall–Kier alpha value is -4.56. The number of pyridine rings is 6. The Morgan fingerprint density at radius 3 is 1.78 bits per heavy atom. The van der Waals surface area contributed by atoms with Gasteiger partial charge in [0.1, 0.15) is 21.8 Å². The molecule has 6 heterocycles. The van der Waals surface area contributed by atoms with E-state index in [1.165, 1.54) is 31.4 Å². The second-order valence-electron chi connectivity index (χ2n) is 11.6. The lowest BCUT2D eigenvalue weighted by Crippen LogP contribution is -1.96. The van der Waals surface area contributed by atoms with Gasteiger partial charge in [0.05, 0.1) is 22.0 Å². The number of nitrogens with zero attached hydrogens (tertiary/aromatic N) is 7. The van der Waals surface area contributed by atoms with Crippen molar-refractivity contribution in [2.24, 2.45) is 0 Å². The topological polar surface area (TPSA) is 128 Å². The molecule has 0 amide bonds. The largest absolute Gasteiger partial charge is 0.345 e. The number of nitriles is 2. The zero-order valence-electron chi connectivity index (χ0n) is 30.7. The van der Waals surface area contributed by atoms with E-state index in [0.29, 0.717) is 15.8 Å². The molecule has 0 bridgehead atoms. The van der Waals surface area contributed by atoms with Gasteiger partial charge in [0.25, 0.3) is 0 Å². The number of aromatic amines is 1. The minimum atomic E-state index is 0.422. The van der Waals surface area contributed by atoms with Crippen LogP contribution in [0.1, 0.15) is 50.7 Å². The predicted octanol–water partition coefficient (Wildman–Crippen LogP) is 12.1. The molecular formula is C42H41ClN8S4. The van der Waals surface area contributed by atoms with E-state index >= 15 is 0 Å². The van der Waals surface area contributed by atoms with Crippen LogP contribution < -0.4 is 0 Å². The van der Waals surface area contributed by atoms with E-state index in [9.17, 15) is 10.5 Å². The third-order valence-electron chi connectivity index (χ3n) is 7.80. The Balaban J connectivity index is 0.000000213. The molecule has 0 saturated heterocycles. The maximum Gasteiger partial charge on any atom is 0.122 e. The Morgan fingerprint density at radius 2 is 1.25 bits per heavy atom. The Bertz CT molecular complexity index is 2170. The summed E-state index contributed by atoms with van der Waals surface area (Å²) in [6, 6.07) is 23.7. The third kappa shape index (κ3) is 13.6. The van der Waals surface area contributed by atoms with Gasteiger partial charge in [0, 0.05) is 82.6 Å². The molecule has 0 spiro atoms. The lowest BCUT2D eigenvalue weighted by Gasteiger charge is -2.12. The number of halogens is 1. The van der Waals surface area contributed by atoms with Crippen LogP contribution in [0.2, 0.25) is 0 Å². The molecule has 280 valence electrons. The highest BCUT2D eigenvalue weighted by molar-refractivity contribution is 8.16. The molecule has 0 unspecified atom stereocenters. The predicted molar refractivity (Wildman–Crippen MR) is 234 cm³/mol. The minimum absolute atomic E-state index is 0.422. The normalized spacial score (nSPS) is 10.2. The fourth-order valence-corrected chi connectivity index (χ4v) is 8.37. The molecule has 13 heteroatoms. The van der Waals surface area contributed by atoms with Crippen molar-refractivity contribution < 1.29 is 0 Å². The highest BCUT2D eigenvalue weighted by Crippen LogP contribution is 2.35. The van der Waals surface area contributed by atoms with E-state index in [1.54, 1.807) is 73.1 Å². The fourth-order valence-electron chi connectivity index (χ4n) is 4.97. The van der Waals surface area contributed by atoms with Gasteiger partial charge in [-0.15, -0.1) is 23.4 Å². The quantitative estimate of drug-likeness (QED) is 0.0371. The molecule has 6 aromatic rings. The van der Waals surface area contributed by atoms with Gasteiger partial charge in [-0.25, -0.2) is 4.98 Å². The maximum atomic E-state index is 9.82. The van der Waals surface area contributed by atoms with Gasteiger partial charge in [-0.2, -0.15) is 22.3 Å². The van der Waals surface area contributed by atoms with Crippen LogP contribution in [0.15, 0.2) is 115 Å². The second-order valence-corrected chi connectivity index (χ2v) is 16.1. The molecule has 0 radical (unpaired) electrons. The first-order valence-electron chi connectivity index (χ1n) is 17.6. The van der Waals surface area contributed by atoms with Crippen LogP contribution >= 0.6 is 59.1 Å². The summed E-state index contributed by atoms with van der Waals surface area (Å²) < 4.78 is 0.422. The van der Waals surface area contributed by atoms with Crippen molar-refractivity contribution in [3.63, 3.8) is 0 Å². The molecule has 6 rings (SSSR count). The lowest BCUT2D eigenvalue weighted by atomic mass is 10.0. The zero-order valence-corrected chi connectivity index (χ0v) is 34.7. The summed E-state index contributed by atoms with van der Waals surface area (Å²) in [6.07, 6.45) is 18.9. The summed E-state index contributed by atoms with van der Waals surface area (Å²) >= 11 is 16.0. The van der Waals surface area contributed by atoms with Crippen LogP contribution in [0.3, 0.4) is 0 Å². The molecule has 0 fully saturated rings. The number of hydrogen-bond acceptors (Lipinski definition) is 11. The van der Waals surface area contributed by atoms with E-state index in [-0.39, 0.29) is 0 Å². The molecule has 1 N–H and O–H groups in total. The van der Waals surface area contributed by atoms with E-state index in [0.717, 1.165) is 65.8 Å². The molecule has 55 heavy (non-hydrogen) atoms. The number of rotatable bonds is 14. The minimum Gasteiger partial charge on any atom is -0.345 e. The SMILES string of the molecule is CCCCSCCl.CCCCSCSc1nc(-c2cccnc2)cc(-c2ccncc2)c1C#N.N#Cc1c(-c2ccncc2)cc(-c2cccnc2)[nH]c1=S. The molecule has 0 aromatic carbocycles. The van der Waals surface area contributed by atoms with Crippen LogP contribution in [-0.4, -0.2) is 51.7 Å². The fraction of sp³-hybridized carbons (Fsp3) is 0.238. The van der Waals surface area contributed by atoms with Gasteiger partial charge in [-0.05, 0) is 96.1 Å². The zero-order chi connectivity index (χ0) is 39.1. The van der Waals surface area contributed by atoms with Crippen LogP contribution in [0.5, 0.6) is 0 Å². The van der Waals surface area contributed by atoms with Crippen molar-refractivity contribution >= 4 is 59.1 Å². The summed E-state index contributed by atoms with van der Waals surface area (Å²) in [4.78, 5) is 24.3. The van der Waals surface area contributed by atoms with Crippen LogP contribution in [0, 0.1) is 27.3 Å². The number of nitrogens with one attached hydrogen (secondary N) is 1. The van der Waals surface area contributed by atoms with E-state index < -0.39 is 0 Å². The van der Waals surface area contributed by atoms with Gasteiger partial charge >= 0.3 is 0 Å². The molecule has 0 aliphatic carbocycles. The highest BCUT2D eigenvalue weighted by atomic mass is 35.5. The summed E-state index contributed by atoms with van der Waals surface area (Å²) in [6.45, 7) is 4.39. The number of H-pyrrole nitrogens is 1. The molecule has 6 aromatic heterocycles. The average molecular weight is 822 g/mol. The molecule has 0 aliphatic rings. The van der Waals surface area contributed by atoms with Crippen molar-refractivity contribution in [2.45, 2.75) is 44.6 Å². The summed E-state index contributed by atoms with van der Waals surface area (Å²) in [7, 11) is 0. The van der Waals surface area contributed by atoms with Gasteiger partial charge in [0.2, 0.25) is 0 Å². The van der Waals surface area contributed by atoms with Gasteiger partial charge in [-0.3, -0.25) is 19.9 Å². The van der Waals surface area contributed by atoms with Crippen molar-refractivity contribution in [1.29, 1.82) is 10.5 Å². The van der Waals surface area contributed by atoms with E-state index in [1.807, 2.05) is 72.4 Å². The highest BCUT2D eigenvalue weighted by Gasteiger charge is 2.16. The number of hydrogen-bond donors (Lipinski definition) is 1. The van der Waals surface area contributed by atoms with Crippen molar-refractivity contribution in [1.82, 2.24) is 29.9 Å². The Kier molecular flexibility index (Phi) is 19.4. The number of aromatic nitrogens is 6. The molecule has 0 aliphatic heterocycles.